The molecule has 0 radical (unpaired) electrons. The molecule has 0 spiro atoms. The largest absolute Gasteiger partial charge is 0.388 e. The van der Waals surface area contributed by atoms with Gasteiger partial charge in [-0.1, -0.05) is 12.8 Å². The Kier molecular flexibility index (Phi) is 3.76. The van der Waals surface area contributed by atoms with Crippen LogP contribution in [0, 0.1) is 0 Å². The molecule has 1 aliphatic carbocycles. The van der Waals surface area contributed by atoms with Crippen LogP contribution in [0.5, 0.6) is 0 Å². The molecule has 1 aromatic heterocycles. The van der Waals surface area contributed by atoms with Crippen molar-refractivity contribution in [1.29, 1.82) is 0 Å². The quantitative estimate of drug-likeness (QED) is 0.767. The van der Waals surface area contributed by atoms with Gasteiger partial charge in [0.2, 0.25) is 5.91 Å². The summed E-state index contributed by atoms with van der Waals surface area (Å²) in [7, 11) is 0. The van der Waals surface area contributed by atoms with Crippen LogP contribution >= 0.6 is 0 Å². The molecule has 0 aromatic carbocycles. The molecular weight excluding hydrogens is 234 g/mol. The minimum absolute atomic E-state index is 0.0667. The van der Waals surface area contributed by atoms with Crippen LogP contribution in [0.3, 0.4) is 0 Å². The van der Waals surface area contributed by atoms with Crippen molar-refractivity contribution in [3.63, 3.8) is 0 Å². The maximum absolute atomic E-state index is 11.7. The van der Waals surface area contributed by atoms with Crippen molar-refractivity contribution in [2.75, 3.05) is 6.54 Å². The molecule has 18 heavy (non-hydrogen) atoms. The number of aliphatic hydroxyl groups is 1. The number of hydrogen-bond acceptors (Lipinski definition) is 4. The molecular formula is C12H17N3O3. The van der Waals surface area contributed by atoms with Crippen molar-refractivity contribution < 1.29 is 9.90 Å². The van der Waals surface area contributed by atoms with Gasteiger partial charge in [-0.2, -0.15) is 0 Å². The topological polar surface area (TPSA) is 84.2 Å². The zero-order chi connectivity index (χ0) is 13.0. The number of carbonyl (C=O) groups is 1. The molecule has 1 aromatic rings. The van der Waals surface area contributed by atoms with Crippen LogP contribution in [-0.4, -0.2) is 32.7 Å². The Morgan fingerprint density at radius 2 is 2.22 bits per heavy atom. The van der Waals surface area contributed by atoms with E-state index in [2.05, 4.69) is 10.3 Å². The second kappa shape index (κ2) is 5.30. The summed E-state index contributed by atoms with van der Waals surface area (Å²) in [6, 6.07) is 1.60. The molecule has 1 amide bonds. The van der Waals surface area contributed by atoms with Crippen molar-refractivity contribution >= 4 is 5.91 Å². The Morgan fingerprint density at radius 3 is 2.89 bits per heavy atom. The zero-order valence-electron chi connectivity index (χ0n) is 10.1. The summed E-state index contributed by atoms with van der Waals surface area (Å²) in [6.07, 6.45) is 6.33. The highest BCUT2D eigenvalue weighted by atomic mass is 16.3. The van der Waals surface area contributed by atoms with Crippen LogP contribution in [0.4, 0.5) is 0 Å². The van der Waals surface area contributed by atoms with Crippen molar-refractivity contribution in [2.24, 2.45) is 0 Å². The van der Waals surface area contributed by atoms with E-state index in [1.54, 1.807) is 6.07 Å². The van der Waals surface area contributed by atoms with Gasteiger partial charge < -0.3 is 10.4 Å². The number of aromatic nitrogens is 2. The fourth-order valence-electron chi connectivity index (χ4n) is 2.19. The zero-order valence-corrected chi connectivity index (χ0v) is 10.1. The van der Waals surface area contributed by atoms with Crippen molar-refractivity contribution in [3.8, 4) is 0 Å². The number of hydrogen-bond donors (Lipinski definition) is 2. The SMILES string of the molecule is O=C(Cn1cccnc1=O)NCC1(O)CCCC1. The number of amides is 1. The molecule has 1 fully saturated rings. The molecule has 0 bridgehead atoms. The average Bonchev–Trinajstić information content (AvgIpc) is 2.77. The van der Waals surface area contributed by atoms with Gasteiger partial charge in [-0.05, 0) is 18.9 Å². The number of rotatable bonds is 4. The molecule has 0 unspecified atom stereocenters. The first-order valence-corrected chi connectivity index (χ1v) is 6.10. The maximum atomic E-state index is 11.7. The highest BCUT2D eigenvalue weighted by Gasteiger charge is 2.31. The summed E-state index contributed by atoms with van der Waals surface area (Å²) < 4.78 is 1.23. The normalized spacial score (nSPS) is 17.6. The molecule has 0 saturated heterocycles. The molecule has 2 rings (SSSR count). The van der Waals surface area contributed by atoms with E-state index in [1.165, 1.54) is 17.0 Å². The molecule has 0 aliphatic heterocycles. The second-order valence-electron chi connectivity index (χ2n) is 4.74. The van der Waals surface area contributed by atoms with Gasteiger partial charge in [0.15, 0.2) is 0 Å². The fraction of sp³-hybridized carbons (Fsp3) is 0.583. The van der Waals surface area contributed by atoms with Crippen molar-refractivity contribution in [3.05, 3.63) is 28.9 Å². The predicted molar refractivity (Wildman–Crippen MR) is 64.9 cm³/mol. The lowest BCUT2D eigenvalue weighted by Gasteiger charge is -2.22. The van der Waals surface area contributed by atoms with Gasteiger partial charge in [0.05, 0.1) is 5.60 Å². The standard InChI is InChI=1S/C12H17N3O3/c16-10(8-15-7-3-6-13-11(15)17)14-9-12(18)4-1-2-5-12/h3,6-7,18H,1-2,4-5,8-9H2,(H,14,16). The Balaban J connectivity index is 1.86. The summed E-state index contributed by atoms with van der Waals surface area (Å²) in [5.74, 6) is -0.287. The monoisotopic (exact) mass is 251 g/mol. The third-order valence-corrected chi connectivity index (χ3v) is 3.25. The van der Waals surface area contributed by atoms with Crippen molar-refractivity contribution in [1.82, 2.24) is 14.9 Å². The lowest BCUT2D eigenvalue weighted by Crippen LogP contribution is -2.42. The van der Waals surface area contributed by atoms with Gasteiger partial charge in [-0.3, -0.25) is 9.36 Å². The van der Waals surface area contributed by atoms with E-state index < -0.39 is 11.3 Å². The lowest BCUT2D eigenvalue weighted by atomic mass is 10.0. The van der Waals surface area contributed by atoms with Crippen LogP contribution in [0.1, 0.15) is 25.7 Å². The van der Waals surface area contributed by atoms with Gasteiger partial charge in [0, 0.05) is 18.9 Å². The second-order valence-corrected chi connectivity index (χ2v) is 4.74. The minimum Gasteiger partial charge on any atom is -0.388 e. The summed E-state index contributed by atoms with van der Waals surface area (Å²) in [6.45, 7) is 0.184. The third-order valence-electron chi connectivity index (χ3n) is 3.25. The highest BCUT2D eigenvalue weighted by Crippen LogP contribution is 2.28. The molecule has 1 saturated carbocycles. The van der Waals surface area contributed by atoms with Gasteiger partial charge in [0.25, 0.3) is 0 Å². The van der Waals surface area contributed by atoms with Crippen LogP contribution in [-0.2, 0) is 11.3 Å². The first kappa shape index (κ1) is 12.8. The number of nitrogens with zero attached hydrogens (tertiary/aromatic N) is 2. The van der Waals surface area contributed by atoms with Gasteiger partial charge in [-0.15, -0.1) is 0 Å². The minimum atomic E-state index is -0.768. The summed E-state index contributed by atoms with van der Waals surface area (Å²) in [4.78, 5) is 26.5. The molecule has 6 heteroatoms. The maximum Gasteiger partial charge on any atom is 0.347 e. The van der Waals surface area contributed by atoms with E-state index in [4.69, 9.17) is 0 Å². The number of carbonyl (C=O) groups excluding carboxylic acids is 1. The van der Waals surface area contributed by atoms with Crippen LogP contribution in [0.25, 0.3) is 0 Å². The van der Waals surface area contributed by atoms with Crippen LogP contribution in [0.2, 0.25) is 0 Å². The van der Waals surface area contributed by atoms with E-state index in [0.717, 1.165) is 25.7 Å². The van der Waals surface area contributed by atoms with Crippen molar-refractivity contribution in [2.45, 2.75) is 37.8 Å². The van der Waals surface area contributed by atoms with E-state index in [9.17, 15) is 14.7 Å². The smallest absolute Gasteiger partial charge is 0.347 e. The average molecular weight is 251 g/mol. The molecule has 1 heterocycles. The van der Waals surface area contributed by atoms with E-state index in [-0.39, 0.29) is 19.0 Å². The highest BCUT2D eigenvalue weighted by molar-refractivity contribution is 5.75. The van der Waals surface area contributed by atoms with E-state index >= 15 is 0 Å². The molecule has 0 atom stereocenters. The third kappa shape index (κ3) is 3.16. The van der Waals surface area contributed by atoms with E-state index in [1.807, 2.05) is 0 Å². The van der Waals surface area contributed by atoms with Crippen LogP contribution < -0.4 is 11.0 Å². The van der Waals surface area contributed by atoms with Gasteiger partial charge >= 0.3 is 5.69 Å². The summed E-state index contributed by atoms with van der Waals surface area (Å²) in [5.41, 5.74) is -1.22. The Bertz CT molecular complexity index is 477. The van der Waals surface area contributed by atoms with Crippen LogP contribution in [0.15, 0.2) is 23.3 Å². The first-order chi connectivity index (χ1) is 8.59. The van der Waals surface area contributed by atoms with Gasteiger partial charge in [0.1, 0.15) is 6.54 Å². The lowest BCUT2D eigenvalue weighted by molar-refractivity contribution is -0.123. The molecule has 98 valence electrons. The Labute approximate surface area is 105 Å². The molecule has 1 aliphatic rings. The van der Waals surface area contributed by atoms with Gasteiger partial charge in [-0.25, -0.2) is 9.78 Å². The van der Waals surface area contributed by atoms with E-state index in [0.29, 0.717) is 0 Å². The first-order valence-electron chi connectivity index (χ1n) is 6.10. The summed E-state index contributed by atoms with van der Waals surface area (Å²) >= 11 is 0. The Morgan fingerprint density at radius 1 is 1.50 bits per heavy atom. The fourth-order valence-corrected chi connectivity index (χ4v) is 2.19. The molecule has 2 N–H and O–H groups in total. The summed E-state index contributed by atoms with van der Waals surface area (Å²) in [5, 5.41) is 12.7. The Hall–Kier alpha value is -1.69. The molecule has 6 nitrogen and oxygen atoms in total. The number of nitrogens with one attached hydrogen (secondary N) is 1. The predicted octanol–water partition coefficient (Wildman–Crippen LogP) is -0.335.